The SMILES string of the molecule is CC(C)(C)OC(=O)c1ccc(CNc2ccc(Cl)c(C#N)n2)cc1. The monoisotopic (exact) mass is 343 g/mol. The summed E-state index contributed by atoms with van der Waals surface area (Å²) in [6.07, 6.45) is 0. The van der Waals surface area contributed by atoms with Crippen LogP contribution in [0.25, 0.3) is 0 Å². The lowest BCUT2D eigenvalue weighted by molar-refractivity contribution is 0.00695. The molecule has 0 saturated heterocycles. The first-order chi connectivity index (χ1) is 11.3. The third kappa shape index (κ3) is 4.97. The van der Waals surface area contributed by atoms with Gasteiger partial charge < -0.3 is 10.1 Å². The quantitative estimate of drug-likeness (QED) is 0.843. The summed E-state index contributed by atoms with van der Waals surface area (Å²) < 4.78 is 5.32. The summed E-state index contributed by atoms with van der Waals surface area (Å²) in [4.78, 5) is 16.1. The molecule has 1 aromatic carbocycles. The van der Waals surface area contributed by atoms with Crippen molar-refractivity contribution in [1.29, 1.82) is 5.26 Å². The molecule has 0 bridgehead atoms. The predicted molar refractivity (Wildman–Crippen MR) is 92.9 cm³/mol. The van der Waals surface area contributed by atoms with Gasteiger partial charge >= 0.3 is 5.97 Å². The molecule has 6 heteroatoms. The molecular weight excluding hydrogens is 326 g/mol. The molecule has 24 heavy (non-hydrogen) atoms. The fourth-order valence-electron chi connectivity index (χ4n) is 1.91. The summed E-state index contributed by atoms with van der Waals surface area (Å²) in [6, 6.07) is 12.4. The minimum absolute atomic E-state index is 0.182. The first-order valence-corrected chi connectivity index (χ1v) is 7.79. The number of benzene rings is 1. The van der Waals surface area contributed by atoms with Crippen molar-refractivity contribution in [3.63, 3.8) is 0 Å². The number of nitrogens with zero attached hydrogens (tertiary/aromatic N) is 2. The highest BCUT2D eigenvalue weighted by atomic mass is 35.5. The Morgan fingerprint density at radius 1 is 1.25 bits per heavy atom. The Kier molecular flexibility index (Phi) is 5.42. The zero-order valence-electron chi connectivity index (χ0n) is 13.8. The van der Waals surface area contributed by atoms with Gasteiger partial charge in [-0.05, 0) is 50.6 Å². The van der Waals surface area contributed by atoms with E-state index in [1.165, 1.54) is 0 Å². The maximum Gasteiger partial charge on any atom is 0.338 e. The Labute approximate surface area is 146 Å². The van der Waals surface area contributed by atoms with Gasteiger partial charge in [0.15, 0.2) is 5.69 Å². The van der Waals surface area contributed by atoms with E-state index in [-0.39, 0.29) is 11.7 Å². The van der Waals surface area contributed by atoms with Crippen molar-refractivity contribution in [3.8, 4) is 6.07 Å². The van der Waals surface area contributed by atoms with Crippen LogP contribution >= 0.6 is 11.6 Å². The van der Waals surface area contributed by atoms with Gasteiger partial charge in [0.1, 0.15) is 17.5 Å². The van der Waals surface area contributed by atoms with Crippen molar-refractivity contribution >= 4 is 23.4 Å². The second-order valence-electron chi connectivity index (χ2n) is 6.19. The molecule has 5 nitrogen and oxygen atoms in total. The van der Waals surface area contributed by atoms with Crippen molar-refractivity contribution in [2.75, 3.05) is 5.32 Å². The Morgan fingerprint density at radius 2 is 1.92 bits per heavy atom. The molecule has 0 aliphatic rings. The van der Waals surface area contributed by atoms with Crippen molar-refractivity contribution in [2.45, 2.75) is 32.9 Å². The molecular formula is C18H18ClN3O2. The number of hydrogen-bond donors (Lipinski definition) is 1. The summed E-state index contributed by atoms with van der Waals surface area (Å²) in [7, 11) is 0. The molecule has 0 amide bonds. The Morgan fingerprint density at radius 3 is 2.50 bits per heavy atom. The molecule has 1 aromatic heterocycles. The van der Waals surface area contributed by atoms with Crippen LogP contribution in [0.15, 0.2) is 36.4 Å². The Hall–Kier alpha value is -2.58. The Bertz CT molecular complexity index is 774. The second kappa shape index (κ2) is 7.33. The van der Waals surface area contributed by atoms with Crippen LogP contribution in [0.4, 0.5) is 5.82 Å². The van der Waals surface area contributed by atoms with E-state index >= 15 is 0 Å². The predicted octanol–water partition coefficient (Wildman–Crippen LogP) is 4.17. The van der Waals surface area contributed by atoms with E-state index in [4.69, 9.17) is 21.6 Å². The van der Waals surface area contributed by atoms with Gasteiger partial charge in [0.05, 0.1) is 10.6 Å². The first-order valence-electron chi connectivity index (χ1n) is 7.41. The molecule has 2 rings (SSSR count). The topological polar surface area (TPSA) is 75.0 Å². The van der Waals surface area contributed by atoms with Gasteiger partial charge in [0, 0.05) is 6.54 Å². The summed E-state index contributed by atoms with van der Waals surface area (Å²) in [5.74, 6) is 0.215. The highest BCUT2D eigenvalue weighted by Crippen LogP contribution is 2.17. The van der Waals surface area contributed by atoms with Crippen LogP contribution < -0.4 is 5.32 Å². The highest BCUT2D eigenvalue weighted by Gasteiger charge is 2.17. The fourth-order valence-corrected chi connectivity index (χ4v) is 2.05. The molecule has 0 spiro atoms. The van der Waals surface area contributed by atoms with Gasteiger partial charge in [0.25, 0.3) is 0 Å². The third-order valence-corrected chi connectivity index (χ3v) is 3.32. The smallest absolute Gasteiger partial charge is 0.338 e. The fraction of sp³-hybridized carbons (Fsp3) is 0.278. The van der Waals surface area contributed by atoms with Crippen molar-refractivity contribution in [2.24, 2.45) is 0 Å². The van der Waals surface area contributed by atoms with E-state index in [2.05, 4.69) is 10.3 Å². The average Bonchev–Trinajstić information content (AvgIpc) is 2.53. The van der Waals surface area contributed by atoms with E-state index < -0.39 is 5.60 Å². The molecule has 0 atom stereocenters. The molecule has 0 fully saturated rings. The second-order valence-corrected chi connectivity index (χ2v) is 6.60. The first kappa shape index (κ1) is 17.8. The summed E-state index contributed by atoms with van der Waals surface area (Å²) in [5.41, 5.74) is 1.14. The van der Waals surface area contributed by atoms with E-state index in [1.54, 1.807) is 24.3 Å². The van der Waals surface area contributed by atoms with Gasteiger partial charge in [-0.3, -0.25) is 0 Å². The van der Waals surface area contributed by atoms with E-state index in [0.29, 0.717) is 22.9 Å². The van der Waals surface area contributed by atoms with Crippen LogP contribution in [0.1, 0.15) is 42.4 Å². The van der Waals surface area contributed by atoms with Crippen LogP contribution in [-0.4, -0.2) is 16.6 Å². The van der Waals surface area contributed by atoms with Crippen LogP contribution in [-0.2, 0) is 11.3 Å². The lowest BCUT2D eigenvalue weighted by atomic mass is 10.1. The molecule has 0 aliphatic carbocycles. The molecule has 1 heterocycles. The maximum atomic E-state index is 12.0. The molecule has 0 aliphatic heterocycles. The number of nitrogens with one attached hydrogen (secondary N) is 1. The normalized spacial score (nSPS) is 10.8. The van der Waals surface area contributed by atoms with Crippen LogP contribution in [0.5, 0.6) is 0 Å². The zero-order chi connectivity index (χ0) is 17.7. The lowest BCUT2D eigenvalue weighted by Gasteiger charge is -2.19. The molecule has 0 unspecified atom stereocenters. The number of esters is 1. The number of anilines is 1. The number of rotatable bonds is 4. The molecule has 124 valence electrons. The van der Waals surface area contributed by atoms with Crippen LogP contribution in [0.2, 0.25) is 5.02 Å². The minimum atomic E-state index is -0.518. The van der Waals surface area contributed by atoms with Gasteiger partial charge in [-0.25, -0.2) is 9.78 Å². The molecule has 0 saturated carbocycles. The summed E-state index contributed by atoms with van der Waals surface area (Å²) >= 11 is 5.85. The molecule has 2 aromatic rings. The number of ether oxygens (including phenoxy) is 1. The van der Waals surface area contributed by atoms with Crippen molar-refractivity contribution in [3.05, 3.63) is 58.2 Å². The number of halogens is 1. The van der Waals surface area contributed by atoms with E-state index in [0.717, 1.165) is 5.56 Å². The van der Waals surface area contributed by atoms with E-state index in [1.807, 2.05) is 39.0 Å². The Balaban J connectivity index is 2.00. The average molecular weight is 344 g/mol. The number of aromatic nitrogens is 1. The van der Waals surface area contributed by atoms with Crippen LogP contribution in [0.3, 0.4) is 0 Å². The molecule has 0 radical (unpaired) electrons. The van der Waals surface area contributed by atoms with E-state index in [9.17, 15) is 4.79 Å². The van der Waals surface area contributed by atoms with Crippen molar-refractivity contribution in [1.82, 2.24) is 4.98 Å². The van der Waals surface area contributed by atoms with Gasteiger partial charge in [-0.2, -0.15) is 5.26 Å². The summed E-state index contributed by atoms with van der Waals surface area (Å²) in [5, 5.41) is 12.4. The number of pyridine rings is 1. The maximum absolute atomic E-state index is 12.0. The van der Waals surface area contributed by atoms with Gasteiger partial charge in [-0.1, -0.05) is 23.7 Å². The minimum Gasteiger partial charge on any atom is -0.456 e. The highest BCUT2D eigenvalue weighted by molar-refractivity contribution is 6.31. The number of carbonyl (C=O) groups excluding carboxylic acids is 1. The standard InChI is InChI=1S/C18H18ClN3O2/c1-18(2,3)24-17(23)13-6-4-12(5-7-13)11-21-16-9-8-14(19)15(10-20)22-16/h4-9H,11H2,1-3H3,(H,21,22). The van der Waals surface area contributed by atoms with Crippen molar-refractivity contribution < 1.29 is 9.53 Å². The molecule has 1 N–H and O–H groups in total. The van der Waals surface area contributed by atoms with Gasteiger partial charge in [0.2, 0.25) is 0 Å². The zero-order valence-corrected chi connectivity index (χ0v) is 14.5. The number of nitriles is 1. The third-order valence-electron chi connectivity index (χ3n) is 3.01. The van der Waals surface area contributed by atoms with Gasteiger partial charge in [-0.15, -0.1) is 0 Å². The van der Waals surface area contributed by atoms with Crippen LogP contribution in [0, 0.1) is 11.3 Å². The number of carbonyl (C=O) groups is 1. The largest absolute Gasteiger partial charge is 0.456 e. The lowest BCUT2D eigenvalue weighted by Crippen LogP contribution is -2.23. The number of hydrogen-bond acceptors (Lipinski definition) is 5. The summed E-state index contributed by atoms with van der Waals surface area (Å²) in [6.45, 7) is 6.00.